The van der Waals surface area contributed by atoms with E-state index in [0.29, 0.717) is 22.5 Å². The van der Waals surface area contributed by atoms with Gasteiger partial charge in [0.2, 0.25) is 11.5 Å². The molecule has 1 aromatic carbocycles. The molecule has 1 fully saturated rings. The van der Waals surface area contributed by atoms with Crippen molar-refractivity contribution in [3.63, 3.8) is 0 Å². The molecular weight excluding hydrogens is 421 g/mol. The molecule has 4 aromatic rings. The number of carbonyl (C=O) groups excluding carboxylic acids is 1. The lowest BCUT2D eigenvalue weighted by Gasteiger charge is -2.23. The zero-order chi connectivity index (χ0) is 22.9. The number of anilines is 1. The van der Waals surface area contributed by atoms with Gasteiger partial charge < -0.3 is 11.1 Å². The molecule has 1 aliphatic carbocycles. The Hall–Kier alpha value is -3.81. The number of halogens is 1. The van der Waals surface area contributed by atoms with Crippen LogP contribution in [0.1, 0.15) is 54.1 Å². The Morgan fingerprint density at radius 1 is 1.15 bits per heavy atom. The lowest BCUT2D eigenvalue weighted by molar-refractivity contribution is -0.689. The SMILES string of the molecule is Nc1c(C(=O)NCc2ccc(F)cc2)cc2c(=O)n3ccccc3nc2[n+]1C1CCCCC1. The summed E-state index contributed by atoms with van der Waals surface area (Å²) in [7, 11) is 0. The van der Waals surface area contributed by atoms with Crippen molar-refractivity contribution in [3.8, 4) is 0 Å². The number of hydrogen-bond donors (Lipinski definition) is 2. The van der Waals surface area contributed by atoms with Crippen molar-refractivity contribution in [2.24, 2.45) is 0 Å². The van der Waals surface area contributed by atoms with E-state index in [-0.39, 0.29) is 35.4 Å². The second-order valence-electron chi connectivity index (χ2n) is 8.50. The number of nitrogens with two attached hydrogens (primary N) is 1. The third kappa shape index (κ3) is 3.92. The predicted octanol–water partition coefficient (Wildman–Crippen LogP) is 3.29. The number of hydrogen-bond acceptors (Lipinski definition) is 4. The van der Waals surface area contributed by atoms with Gasteiger partial charge in [-0.05, 0) is 61.6 Å². The van der Waals surface area contributed by atoms with Crippen LogP contribution in [0, 0.1) is 5.82 Å². The molecule has 1 aliphatic rings. The Bertz CT molecular complexity index is 1410. The van der Waals surface area contributed by atoms with Crippen molar-refractivity contribution in [2.45, 2.75) is 44.7 Å². The number of aromatic nitrogens is 3. The van der Waals surface area contributed by atoms with Crippen LogP contribution in [0.25, 0.3) is 16.7 Å². The fourth-order valence-corrected chi connectivity index (χ4v) is 4.63. The molecule has 33 heavy (non-hydrogen) atoms. The molecule has 3 N–H and O–H groups in total. The van der Waals surface area contributed by atoms with Gasteiger partial charge in [-0.2, -0.15) is 0 Å². The molecule has 5 rings (SSSR count). The van der Waals surface area contributed by atoms with Crippen LogP contribution in [0.15, 0.2) is 59.5 Å². The summed E-state index contributed by atoms with van der Waals surface area (Å²) >= 11 is 0. The molecule has 0 aliphatic heterocycles. The van der Waals surface area contributed by atoms with Gasteiger partial charge in [0.25, 0.3) is 17.1 Å². The number of fused-ring (bicyclic) bond motifs is 2. The number of nitrogen functional groups attached to an aromatic ring is 1. The maximum absolute atomic E-state index is 13.3. The van der Waals surface area contributed by atoms with Gasteiger partial charge in [0, 0.05) is 12.7 Å². The van der Waals surface area contributed by atoms with Crippen LogP contribution in [0.2, 0.25) is 0 Å². The Kier molecular flexibility index (Phi) is 5.50. The van der Waals surface area contributed by atoms with E-state index < -0.39 is 0 Å². The fraction of sp³-hybridized carbons (Fsp3) is 0.280. The van der Waals surface area contributed by atoms with E-state index in [1.165, 1.54) is 16.5 Å². The van der Waals surface area contributed by atoms with E-state index in [0.717, 1.165) is 37.7 Å². The Balaban J connectivity index is 1.63. The zero-order valence-corrected chi connectivity index (χ0v) is 18.1. The third-order valence-corrected chi connectivity index (χ3v) is 6.35. The number of rotatable bonds is 4. The molecule has 168 valence electrons. The summed E-state index contributed by atoms with van der Waals surface area (Å²) < 4.78 is 16.5. The molecule has 0 unspecified atom stereocenters. The largest absolute Gasteiger partial charge is 0.348 e. The molecule has 1 amide bonds. The van der Waals surface area contributed by atoms with Gasteiger partial charge in [0.05, 0.1) is 6.04 Å². The molecule has 3 aromatic heterocycles. The minimum atomic E-state index is -0.388. The number of nitrogens with one attached hydrogen (secondary N) is 1. The molecule has 0 saturated heterocycles. The Morgan fingerprint density at radius 3 is 2.67 bits per heavy atom. The monoisotopic (exact) mass is 446 g/mol. The van der Waals surface area contributed by atoms with Crippen LogP contribution in [0.4, 0.5) is 10.2 Å². The lowest BCUT2D eigenvalue weighted by atomic mass is 9.94. The normalized spacial score (nSPS) is 14.6. The molecule has 1 saturated carbocycles. The van der Waals surface area contributed by atoms with Crippen LogP contribution in [0.3, 0.4) is 0 Å². The highest BCUT2D eigenvalue weighted by Gasteiger charge is 2.29. The van der Waals surface area contributed by atoms with E-state index in [9.17, 15) is 14.0 Å². The first kappa shape index (κ1) is 21.1. The molecule has 3 heterocycles. The van der Waals surface area contributed by atoms with E-state index in [1.807, 2.05) is 10.6 Å². The zero-order valence-electron chi connectivity index (χ0n) is 18.1. The highest BCUT2D eigenvalue weighted by Crippen LogP contribution is 2.27. The number of pyridine rings is 2. The molecule has 0 radical (unpaired) electrons. The van der Waals surface area contributed by atoms with Crippen LogP contribution in [-0.2, 0) is 6.54 Å². The maximum Gasteiger partial charge on any atom is 0.278 e. The lowest BCUT2D eigenvalue weighted by Crippen LogP contribution is -2.47. The highest BCUT2D eigenvalue weighted by molar-refractivity contribution is 6.00. The summed E-state index contributed by atoms with van der Waals surface area (Å²) in [5.41, 5.74) is 8.37. The maximum atomic E-state index is 13.3. The summed E-state index contributed by atoms with van der Waals surface area (Å²) in [6.07, 6.45) is 6.78. The van der Waals surface area contributed by atoms with Crippen molar-refractivity contribution in [1.82, 2.24) is 14.7 Å². The van der Waals surface area contributed by atoms with Crippen molar-refractivity contribution >= 4 is 28.4 Å². The van der Waals surface area contributed by atoms with Crippen molar-refractivity contribution in [3.05, 3.63) is 82.0 Å². The topological polar surface area (TPSA) is 93.4 Å². The molecule has 8 heteroatoms. The quantitative estimate of drug-likeness (QED) is 0.372. The Labute approximate surface area is 189 Å². The molecule has 0 spiro atoms. The highest BCUT2D eigenvalue weighted by atomic mass is 19.1. The van der Waals surface area contributed by atoms with Gasteiger partial charge in [-0.15, -0.1) is 0 Å². The van der Waals surface area contributed by atoms with Crippen LogP contribution < -0.4 is 21.2 Å². The van der Waals surface area contributed by atoms with Crippen LogP contribution in [0.5, 0.6) is 0 Å². The number of carbonyl (C=O) groups is 1. The minimum Gasteiger partial charge on any atom is -0.348 e. The van der Waals surface area contributed by atoms with Crippen molar-refractivity contribution in [2.75, 3.05) is 5.73 Å². The second-order valence-corrected chi connectivity index (χ2v) is 8.50. The van der Waals surface area contributed by atoms with E-state index >= 15 is 0 Å². The Morgan fingerprint density at radius 2 is 1.91 bits per heavy atom. The van der Waals surface area contributed by atoms with E-state index in [1.54, 1.807) is 36.5 Å². The first-order valence-electron chi connectivity index (χ1n) is 11.2. The predicted molar refractivity (Wildman–Crippen MR) is 123 cm³/mol. The summed E-state index contributed by atoms with van der Waals surface area (Å²) in [4.78, 5) is 31.2. The third-order valence-electron chi connectivity index (χ3n) is 6.35. The average molecular weight is 447 g/mol. The molecule has 0 bridgehead atoms. The molecule has 7 nitrogen and oxygen atoms in total. The van der Waals surface area contributed by atoms with Gasteiger partial charge in [0.15, 0.2) is 0 Å². The van der Waals surface area contributed by atoms with E-state index in [4.69, 9.17) is 10.7 Å². The van der Waals surface area contributed by atoms with Gasteiger partial charge in [0.1, 0.15) is 16.8 Å². The summed E-state index contributed by atoms with van der Waals surface area (Å²) in [6.45, 7) is 0.217. The second kappa shape index (κ2) is 8.61. The van der Waals surface area contributed by atoms with Gasteiger partial charge in [-0.25, -0.2) is 8.96 Å². The number of nitrogens with zero attached hydrogens (tertiary/aromatic N) is 3. The smallest absolute Gasteiger partial charge is 0.278 e. The van der Waals surface area contributed by atoms with E-state index in [2.05, 4.69) is 5.32 Å². The van der Waals surface area contributed by atoms with Crippen LogP contribution in [-0.4, -0.2) is 15.3 Å². The number of amides is 1. The van der Waals surface area contributed by atoms with Crippen LogP contribution >= 0.6 is 0 Å². The minimum absolute atomic E-state index is 0.0733. The van der Waals surface area contributed by atoms with Gasteiger partial charge >= 0.3 is 0 Å². The first-order chi connectivity index (χ1) is 16.0. The number of benzene rings is 1. The average Bonchev–Trinajstić information content (AvgIpc) is 2.84. The standard InChI is InChI=1S/C25H24FN5O2/c26-17-11-9-16(10-12-17)15-28-24(32)19-14-20-23(29-21-8-4-5-13-30(21)25(20)33)31(22(19)27)18-6-2-1-3-7-18/h4-5,8-14,18,27H,1-3,6-7,15H2,(H,28,32)/p+1. The molecular formula is C25H25FN5O2+. The first-order valence-corrected chi connectivity index (χ1v) is 11.2. The van der Waals surface area contributed by atoms with Crippen molar-refractivity contribution < 1.29 is 13.8 Å². The van der Waals surface area contributed by atoms with Crippen molar-refractivity contribution in [1.29, 1.82) is 0 Å². The van der Waals surface area contributed by atoms with Gasteiger partial charge in [-0.3, -0.25) is 14.0 Å². The molecule has 0 atom stereocenters. The summed E-state index contributed by atoms with van der Waals surface area (Å²) in [6, 6.07) is 12.9. The van der Waals surface area contributed by atoms with Gasteiger partial charge in [-0.1, -0.05) is 29.6 Å². The fourth-order valence-electron chi connectivity index (χ4n) is 4.63. The summed E-state index contributed by atoms with van der Waals surface area (Å²) in [5.74, 6) is -0.420. The summed E-state index contributed by atoms with van der Waals surface area (Å²) in [5, 5.41) is 3.20.